The van der Waals surface area contributed by atoms with Crippen molar-refractivity contribution >= 4 is 5.97 Å². The third-order valence-electron chi connectivity index (χ3n) is 4.13. The summed E-state index contributed by atoms with van der Waals surface area (Å²) in [6.07, 6.45) is 1.96. The number of aliphatic hydroxyl groups excluding tert-OH is 1. The Morgan fingerprint density at radius 2 is 2.32 bits per heavy atom. The molecule has 1 unspecified atom stereocenters. The van der Waals surface area contributed by atoms with Gasteiger partial charge in [-0.1, -0.05) is 0 Å². The molecule has 1 N–H and O–H groups in total. The van der Waals surface area contributed by atoms with Gasteiger partial charge in [0, 0.05) is 12.7 Å². The third-order valence-corrected chi connectivity index (χ3v) is 4.13. The third kappa shape index (κ3) is 2.11. The Morgan fingerprint density at radius 1 is 1.55 bits per heavy atom. The highest BCUT2D eigenvalue weighted by Crippen LogP contribution is 2.39. The molecule has 5 nitrogen and oxygen atoms in total. The van der Waals surface area contributed by atoms with Gasteiger partial charge in [-0.15, -0.1) is 0 Å². The van der Waals surface area contributed by atoms with Gasteiger partial charge in [0.15, 0.2) is 0 Å². The number of rotatable bonds is 2. The highest BCUT2D eigenvalue weighted by molar-refractivity contribution is 5.95. The molecule has 1 atom stereocenters. The van der Waals surface area contributed by atoms with Gasteiger partial charge in [-0.3, -0.25) is 0 Å². The number of carbonyl (C=O) groups is 1. The number of fused-ring (bicyclic) bond motifs is 1. The first-order valence-electron chi connectivity index (χ1n) is 7.16. The van der Waals surface area contributed by atoms with Gasteiger partial charge in [-0.25, -0.2) is 9.78 Å². The summed E-state index contributed by atoms with van der Waals surface area (Å²) < 4.78 is 20.8. The summed E-state index contributed by atoms with van der Waals surface area (Å²) in [5.74, 6) is -1.11. The van der Waals surface area contributed by atoms with Gasteiger partial charge in [-0.2, -0.15) is 4.39 Å². The lowest BCUT2D eigenvalue weighted by atomic mass is 10.0. The molecule has 0 aliphatic carbocycles. The SMILES string of the molecule is COC(=O)c1c(C)c(-c2cccnc2F)n2c1C(O)CCC2. The van der Waals surface area contributed by atoms with Crippen molar-refractivity contribution in [3.05, 3.63) is 41.1 Å². The van der Waals surface area contributed by atoms with Crippen molar-refractivity contribution in [2.24, 2.45) is 0 Å². The molecule has 2 aromatic heterocycles. The second kappa shape index (κ2) is 5.53. The van der Waals surface area contributed by atoms with Gasteiger partial charge in [0.1, 0.15) is 0 Å². The summed E-state index contributed by atoms with van der Waals surface area (Å²) in [4.78, 5) is 15.8. The minimum Gasteiger partial charge on any atom is -0.465 e. The first-order valence-corrected chi connectivity index (χ1v) is 7.16. The van der Waals surface area contributed by atoms with Crippen molar-refractivity contribution in [3.63, 3.8) is 0 Å². The standard InChI is InChI=1S/C16H17FN2O3/c1-9-12(16(21)22-2)14-11(20)6-4-8-19(14)13(9)10-5-3-7-18-15(10)17/h3,5,7,11,20H,4,6,8H2,1-2H3. The molecule has 22 heavy (non-hydrogen) atoms. The van der Waals surface area contributed by atoms with Crippen molar-refractivity contribution in [1.82, 2.24) is 9.55 Å². The van der Waals surface area contributed by atoms with Crippen molar-refractivity contribution in [3.8, 4) is 11.3 Å². The van der Waals surface area contributed by atoms with Gasteiger partial charge in [0.2, 0.25) is 5.95 Å². The van der Waals surface area contributed by atoms with Gasteiger partial charge >= 0.3 is 5.97 Å². The van der Waals surface area contributed by atoms with Crippen LogP contribution in [0.15, 0.2) is 18.3 Å². The van der Waals surface area contributed by atoms with Crippen LogP contribution in [-0.4, -0.2) is 27.7 Å². The molecular weight excluding hydrogens is 287 g/mol. The fourth-order valence-electron chi connectivity index (χ4n) is 3.20. The average Bonchev–Trinajstić information content (AvgIpc) is 2.81. The molecule has 0 bridgehead atoms. The van der Waals surface area contributed by atoms with Crippen LogP contribution in [-0.2, 0) is 11.3 Å². The zero-order chi connectivity index (χ0) is 15.9. The number of hydrogen-bond donors (Lipinski definition) is 1. The monoisotopic (exact) mass is 304 g/mol. The number of aliphatic hydroxyl groups is 1. The van der Waals surface area contributed by atoms with E-state index >= 15 is 0 Å². The molecule has 1 aliphatic heterocycles. The lowest BCUT2D eigenvalue weighted by Crippen LogP contribution is -2.18. The Kier molecular flexibility index (Phi) is 3.70. The Bertz CT molecular complexity index is 739. The van der Waals surface area contributed by atoms with Gasteiger partial charge in [-0.05, 0) is 37.5 Å². The van der Waals surface area contributed by atoms with Crippen molar-refractivity contribution < 1.29 is 19.0 Å². The van der Waals surface area contributed by atoms with Crippen LogP contribution < -0.4 is 0 Å². The Hall–Kier alpha value is -2.21. The Labute approximate surface area is 127 Å². The molecule has 0 radical (unpaired) electrons. The molecule has 0 spiro atoms. The first kappa shape index (κ1) is 14.7. The lowest BCUT2D eigenvalue weighted by Gasteiger charge is -2.23. The van der Waals surface area contributed by atoms with Crippen LogP contribution >= 0.6 is 0 Å². The molecule has 6 heteroatoms. The van der Waals surface area contributed by atoms with E-state index in [4.69, 9.17) is 4.74 Å². The molecule has 0 aromatic carbocycles. The van der Waals surface area contributed by atoms with E-state index in [1.807, 2.05) is 4.57 Å². The van der Waals surface area contributed by atoms with Crippen LogP contribution in [0.5, 0.6) is 0 Å². The molecule has 0 fully saturated rings. The quantitative estimate of drug-likeness (QED) is 0.684. The van der Waals surface area contributed by atoms with E-state index in [9.17, 15) is 14.3 Å². The molecule has 3 heterocycles. The van der Waals surface area contributed by atoms with E-state index in [-0.39, 0.29) is 0 Å². The van der Waals surface area contributed by atoms with E-state index in [0.717, 1.165) is 6.42 Å². The maximum Gasteiger partial charge on any atom is 0.340 e. The van der Waals surface area contributed by atoms with Crippen LogP contribution in [0.25, 0.3) is 11.3 Å². The van der Waals surface area contributed by atoms with Crippen molar-refractivity contribution in [2.45, 2.75) is 32.4 Å². The first-order chi connectivity index (χ1) is 10.6. The molecule has 0 saturated heterocycles. The van der Waals surface area contributed by atoms with E-state index < -0.39 is 18.0 Å². The maximum absolute atomic E-state index is 14.1. The summed E-state index contributed by atoms with van der Waals surface area (Å²) in [5.41, 5.74) is 2.35. The normalized spacial score (nSPS) is 17.2. The minimum atomic E-state index is -0.755. The van der Waals surface area contributed by atoms with Crippen LogP contribution in [0.3, 0.4) is 0 Å². The number of aromatic nitrogens is 2. The number of esters is 1. The molecular formula is C16H17FN2O3. The van der Waals surface area contributed by atoms with E-state index in [1.54, 1.807) is 19.1 Å². The number of pyridine rings is 1. The van der Waals surface area contributed by atoms with E-state index in [2.05, 4.69) is 4.98 Å². The number of carbonyl (C=O) groups excluding carboxylic acids is 1. The fraction of sp³-hybridized carbons (Fsp3) is 0.375. The van der Waals surface area contributed by atoms with Crippen LogP contribution in [0.4, 0.5) is 4.39 Å². The molecule has 2 aromatic rings. The fourth-order valence-corrected chi connectivity index (χ4v) is 3.20. The predicted molar refractivity (Wildman–Crippen MR) is 77.9 cm³/mol. The summed E-state index contributed by atoms with van der Waals surface area (Å²) >= 11 is 0. The maximum atomic E-state index is 14.1. The van der Waals surface area contributed by atoms with Crippen LogP contribution in [0.2, 0.25) is 0 Å². The van der Waals surface area contributed by atoms with E-state index in [0.29, 0.717) is 41.0 Å². The smallest absolute Gasteiger partial charge is 0.340 e. The number of methoxy groups -OCH3 is 1. The predicted octanol–water partition coefficient (Wildman–Crippen LogP) is 2.61. The number of nitrogens with zero attached hydrogens (tertiary/aromatic N) is 2. The van der Waals surface area contributed by atoms with Gasteiger partial charge < -0.3 is 14.4 Å². The summed E-state index contributed by atoms with van der Waals surface area (Å²) in [7, 11) is 1.30. The van der Waals surface area contributed by atoms with Crippen molar-refractivity contribution in [1.29, 1.82) is 0 Å². The number of halogens is 1. The average molecular weight is 304 g/mol. The second-order valence-electron chi connectivity index (χ2n) is 5.38. The zero-order valence-electron chi connectivity index (χ0n) is 12.5. The molecule has 1 aliphatic rings. The van der Waals surface area contributed by atoms with Gasteiger partial charge in [0.05, 0.1) is 35.7 Å². The Morgan fingerprint density at radius 3 is 3.00 bits per heavy atom. The lowest BCUT2D eigenvalue weighted by molar-refractivity contribution is 0.0587. The Balaban J connectivity index is 2.32. The highest BCUT2D eigenvalue weighted by Gasteiger charge is 2.32. The second-order valence-corrected chi connectivity index (χ2v) is 5.38. The van der Waals surface area contributed by atoms with Gasteiger partial charge in [0.25, 0.3) is 0 Å². The van der Waals surface area contributed by atoms with Crippen LogP contribution in [0.1, 0.15) is 40.6 Å². The highest BCUT2D eigenvalue weighted by atomic mass is 19.1. The summed E-state index contributed by atoms with van der Waals surface area (Å²) in [6, 6.07) is 3.27. The molecule has 0 amide bonds. The van der Waals surface area contributed by atoms with E-state index in [1.165, 1.54) is 13.3 Å². The molecule has 0 saturated carbocycles. The van der Waals surface area contributed by atoms with Crippen LogP contribution in [0, 0.1) is 12.9 Å². The molecule has 3 rings (SSSR count). The molecule has 116 valence electrons. The summed E-state index contributed by atoms with van der Waals surface area (Å²) in [5, 5.41) is 10.3. The number of ether oxygens (including phenoxy) is 1. The largest absolute Gasteiger partial charge is 0.465 e. The minimum absolute atomic E-state index is 0.325. The van der Waals surface area contributed by atoms with Crippen molar-refractivity contribution in [2.75, 3.05) is 7.11 Å². The number of hydrogen-bond acceptors (Lipinski definition) is 4. The topological polar surface area (TPSA) is 64.3 Å². The summed E-state index contributed by atoms with van der Waals surface area (Å²) in [6.45, 7) is 2.36. The zero-order valence-corrected chi connectivity index (χ0v) is 12.5.